The summed E-state index contributed by atoms with van der Waals surface area (Å²) in [5.41, 5.74) is 0.804. The second kappa shape index (κ2) is 12.9. The van der Waals surface area contributed by atoms with E-state index >= 15 is 0 Å². The van der Waals surface area contributed by atoms with E-state index in [2.05, 4.69) is 33.4 Å². The molecule has 2 spiro atoms. The average Bonchev–Trinajstić information content (AvgIpc) is 3.67. The van der Waals surface area contributed by atoms with Gasteiger partial charge in [-0.25, -0.2) is 0 Å². The van der Waals surface area contributed by atoms with E-state index in [4.69, 9.17) is 13.7 Å². The molecule has 13 atom stereocenters. The zero-order valence-electron chi connectivity index (χ0n) is 31.4. The van der Waals surface area contributed by atoms with Gasteiger partial charge in [0, 0.05) is 37.5 Å². The monoisotopic (exact) mass is 724 g/mol. The summed E-state index contributed by atoms with van der Waals surface area (Å²) in [6.45, 7) is 18.9. The van der Waals surface area contributed by atoms with Crippen molar-refractivity contribution in [2.75, 3.05) is 6.61 Å². The Morgan fingerprint density at radius 1 is 1.04 bits per heavy atom. The summed E-state index contributed by atoms with van der Waals surface area (Å²) in [7, 11) is -4.05. The molecule has 1 aromatic carbocycles. The molecule has 0 aromatic heterocycles. The van der Waals surface area contributed by atoms with Gasteiger partial charge >= 0.3 is 11.9 Å². The van der Waals surface area contributed by atoms with Gasteiger partial charge in [-0.05, 0) is 103 Å². The number of allylic oxidation sites excluding steroid dienone is 2. The maximum atomic E-state index is 12.9. The molecule has 0 heterocycles. The summed E-state index contributed by atoms with van der Waals surface area (Å²) in [6, 6.07) is 6.37. The molecule has 0 bridgehead atoms. The van der Waals surface area contributed by atoms with Gasteiger partial charge in [-0.1, -0.05) is 65.0 Å². The fourth-order valence-electron chi connectivity index (χ4n) is 12.1. The minimum atomic E-state index is -4.05. The first-order valence-electron chi connectivity index (χ1n) is 18.6. The van der Waals surface area contributed by atoms with E-state index in [1.54, 1.807) is 19.1 Å². The van der Waals surface area contributed by atoms with Crippen LogP contribution >= 0.6 is 0 Å². The molecule has 10 heteroatoms. The van der Waals surface area contributed by atoms with Crippen molar-refractivity contribution in [1.29, 1.82) is 0 Å². The highest BCUT2D eigenvalue weighted by atomic mass is 32.2. The number of carbonyl (C=O) groups is 3. The van der Waals surface area contributed by atoms with Crippen LogP contribution in [0.2, 0.25) is 0 Å². The Hall–Kier alpha value is -2.82. The number of rotatable bonds is 11. The number of esters is 2. The summed E-state index contributed by atoms with van der Waals surface area (Å²) in [4.78, 5) is 38.1. The molecule has 9 nitrogen and oxygen atoms in total. The van der Waals surface area contributed by atoms with Gasteiger partial charge in [-0.3, -0.25) is 18.6 Å². The Bertz CT molecular complexity index is 1730. The van der Waals surface area contributed by atoms with Crippen LogP contribution in [0.1, 0.15) is 92.6 Å². The van der Waals surface area contributed by atoms with Crippen LogP contribution in [0.5, 0.6) is 0 Å². The number of hydrogen-bond donors (Lipinski definition) is 1. The molecule has 0 radical (unpaired) electrons. The van der Waals surface area contributed by atoms with Crippen molar-refractivity contribution in [3.63, 3.8) is 0 Å². The van der Waals surface area contributed by atoms with Crippen LogP contribution in [0.4, 0.5) is 0 Å². The molecule has 5 aliphatic carbocycles. The van der Waals surface area contributed by atoms with Gasteiger partial charge in [-0.15, -0.1) is 0 Å². The number of aryl methyl sites for hydroxylation is 1. The summed E-state index contributed by atoms with van der Waals surface area (Å²) >= 11 is 0. The van der Waals surface area contributed by atoms with Crippen LogP contribution < -0.4 is 0 Å². The smallest absolute Gasteiger partial charge is 0.303 e. The predicted octanol–water partition coefficient (Wildman–Crippen LogP) is 6.76. The van der Waals surface area contributed by atoms with E-state index in [0.717, 1.165) is 37.7 Å². The molecule has 51 heavy (non-hydrogen) atoms. The topological polar surface area (TPSA) is 133 Å². The first-order chi connectivity index (χ1) is 23.7. The summed E-state index contributed by atoms with van der Waals surface area (Å²) in [5, 5.41) is 11.9. The highest BCUT2D eigenvalue weighted by Gasteiger charge is 2.81. The number of fused-ring (bicyclic) bond motifs is 2. The highest BCUT2D eigenvalue weighted by molar-refractivity contribution is 7.86. The molecule has 5 aliphatic rings. The van der Waals surface area contributed by atoms with Crippen molar-refractivity contribution < 1.29 is 41.6 Å². The van der Waals surface area contributed by atoms with Gasteiger partial charge < -0.3 is 14.6 Å². The molecular weight excluding hydrogens is 669 g/mol. The summed E-state index contributed by atoms with van der Waals surface area (Å²) in [6.07, 6.45) is 6.87. The van der Waals surface area contributed by atoms with Crippen LogP contribution in [0.3, 0.4) is 0 Å². The van der Waals surface area contributed by atoms with E-state index in [-0.39, 0.29) is 62.3 Å². The largest absolute Gasteiger partial charge is 0.462 e. The number of benzene rings is 1. The molecule has 0 amide bonds. The third-order valence-electron chi connectivity index (χ3n) is 14.8. The SMILES string of the molecule is C=C(C(O)[C@H](OC(C)=O)C(C)[C@H]1[C@@H](OC(C)=O)C[C@@]2(C)[C@@H]3CC[C@H]4[C@H](C)C(=O)C=CC45CC35CC[C@]12C)[C@@H](C)COS(=O)(=O)c1ccc(C)cc1. The van der Waals surface area contributed by atoms with Crippen molar-refractivity contribution in [1.82, 2.24) is 0 Å². The maximum absolute atomic E-state index is 12.9. The van der Waals surface area contributed by atoms with Crippen LogP contribution in [0.15, 0.2) is 53.5 Å². The Morgan fingerprint density at radius 3 is 2.33 bits per heavy atom. The van der Waals surface area contributed by atoms with Gasteiger partial charge in [0.15, 0.2) is 5.78 Å². The van der Waals surface area contributed by atoms with Crippen molar-refractivity contribution >= 4 is 27.8 Å². The number of carbonyl (C=O) groups excluding carboxylic acids is 3. The second-order valence-corrected chi connectivity index (χ2v) is 18.9. The highest BCUT2D eigenvalue weighted by Crippen LogP contribution is 2.87. The maximum Gasteiger partial charge on any atom is 0.303 e. The van der Waals surface area contributed by atoms with E-state index in [9.17, 15) is 27.9 Å². The number of aliphatic hydroxyl groups is 1. The fraction of sp³-hybridized carbons (Fsp3) is 0.683. The molecule has 4 unspecified atom stereocenters. The average molecular weight is 725 g/mol. The lowest BCUT2D eigenvalue weighted by atomic mass is 9.43. The van der Waals surface area contributed by atoms with Gasteiger partial charge in [-0.2, -0.15) is 8.42 Å². The minimum absolute atomic E-state index is 0.0242. The molecule has 1 aromatic rings. The molecule has 0 saturated heterocycles. The normalized spacial score (nSPS) is 38.9. The zero-order valence-corrected chi connectivity index (χ0v) is 32.3. The van der Waals surface area contributed by atoms with Gasteiger partial charge in [0.05, 0.1) is 11.5 Å². The number of aliphatic hydroxyl groups excluding tert-OH is 1. The molecular formula is C41H56O9S. The number of ether oxygens (including phenoxy) is 2. The number of hydrogen-bond acceptors (Lipinski definition) is 9. The molecule has 1 N–H and O–H groups in total. The van der Waals surface area contributed by atoms with E-state index in [1.807, 2.05) is 19.9 Å². The molecule has 4 saturated carbocycles. The van der Waals surface area contributed by atoms with Crippen LogP contribution in [0.25, 0.3) is 0 Å². The number of ketones is 1. The first-order valence-corrected chi connectivity index (χ1v) is 20.1. The summed E-state index contributed by atoms with van der Waals surface area (Å²) in [5.74, 6) is -1.27. The molecule has 0 aliphatic heterocycles. The quantitative estimate of drug-likeness (QED) is 0.149. The lowest BCUT2D eigenvalue weighted by Gasteiger charge is -2.61. The van der Waals surface area contributed by atoms with E-state index in [0.29, 0.717) is 18.3 Å². The molecule has 280 valence electrons. The van der Waals surface area contributed by atoms with Gasteiger partial charge in [0.1, 0.15) is 18.3 Å². The Kier molecular flexibility index (Phi) is 9.62. The van der Waals surface area contributed by atoms with Crippen molar-refractivity contribution in [2.45, 2.75) is 117 Å². The lowest BCUT2D eigenvalue weighted by molar-refractivity contribution is -0.170. The van der Waals surface area contributed by atoms with Gasteiger partial charge in [0.25, 0.3) is 10.1 Å². The Balaban J connectivity index is 1.27. The molecule has 6 rings (SSSR count). The second-order valence-electron chi connectivity index (χ2n) is 17.3. The van der Waals surface area contributed by atoms with Crippen LogP contribution in [0, 0.1) is 64.1 Å². The Labute approximate surface area is 303 Å². The van der Waals surface area contributed by atoms with Crippen LogP contribution in [-0.4, -0.2) is 56.2 Å². The van der Waals surface area contributed by atoms with Crippen LogP contribution in [-0.2, 0) is 38.2 Å². The van der Waals surface area contributed by atoms with Crippen molar-refractivity contribution in [3.05, 3.63) is 54.1 Å². The lowest BCUT2D eigenvalue weighted by Crippen LogP contribution is -2.56. The van der Waals surface area contributed by atoms with E-state index in [1.165, 1.54) is 26.0 Å². The van der Waals surface area contributed by atoms with E-state index < -0.39 is 46.2 Å². The zero-order chi connectivity index (χ0) is 37.5. The fourth-order valence-corrected chi connectivity index (χ4v) is 13.1. The minimum Gasteiger partial charge on any atom is -0.462 e. The Morgan fingerprint density at radius 2 is 1.71 bits per heavy atom. The third-order valence-corrected chi connectivity index (χ3v) is 16.1. The first kappa shape index (κ1) is 37.9. The molecule has 4 fully saturated rings. The van der Waals surface area contributed by atoms with Crippen molar-refractivity contribution in [3.8, 4) is 0 Å². The van der Waals surface area contributed by atoms with Crippen molar-refractivity contribution in [2.24, 2.45) is 57.2 Å². The standard InChI is InChI=1S/C41H56O9S/c1-23-10-12-30(13-11-23)51(46,47)48-21-24(2)25(3)36(45)37(50-29(7)43)27(5)35-33(49-28(6)42)20-39(9)34-15-14-31-26(4)32(44)16-17-40(31)22-41(34,40)19-18-38(35,39)8/h10-13,16-17,24,26-27,31,33-37,45H,3,14-15,18-22H2,1-2,4-9H3/t24-,26-,27?,31-,33-,34-,35-,36?,37+,38+,39-,40?,41?/m0/s1. The summed E-state index contributed by atoms with van der Waals surface area (Å²) < 4.78 is 43.3. The third kappa shape index (κ3) is 5.86. The predicted molar refractivity (Wildman–Crippen MR) is 191 cm³/mol. The van der Waals surface area contributed by atoms with Gasteiger partial charge in [0.2, 0.25) is 0 Å².